The number of methoxy groups -OCH3 is 2. The Balaban J connectivity index is 2.52. The van der Waals surface area contributed by atoms with Crippen molar-refractivity contribution in [3.63, 3.8) is 0 Å². The number of benzene rings is 2. The lowest BCUT2D eigenvalue weighted by Gasteiger charge is -2.11. The van der Waals surface area contributed by atoms with Gasteiger partial charge >= 0.3 is 0 Å². The molecule has 0 aromatic heterocycles. The van der Waals surface area contributed by atoms with Crippen molar-refractivity contribution >= 4 is 28.8 Å². The van der Waals surface area contributed by atoms with E-state index in [2.05, 4.69) is 0 Å². The maximum Gasteiger partial charge on any atom is 0.194 e. The fraction of sp³-hybridized carbons (Fsp3) is 0.133. The molecule has 0 aliphatic carbocycles. The van der Waals surface area contributed by atoms with Crippen LogP contribution in [0.1, 0.15) is 15.9 Å². The number of anilines is 2. The zero-order valence-electron chi connectivity index (χ0n) is 11.6. The molecule has 0 atom stereocenters. The molecule has 0 spiro atoms. The zero-order chi connectivity index (χ0) is 15.6. The highest BCUT2D eigenvalue weighted by Crippen LogP contribution is 2.34. The lowest BCUT2D eigenvalue weighted by molar-refractivity contribution is 0.103. The van der Waals surface area contributed by atoms with Gasteiger partial charge in [-0.05, 0) is 24.3 Å². The van der Waals surface area contributed by atoms with Gasteiger partial charge in [0, 0.05) is 28.6 Å². The first kappa shape index (κ1) is 15.0. The third kappa shape index (κ3) is 3.03. The van der Waals surface area contributed by atoms with Crippen molar-refractivity contribution in [1.82, 2.24) is 0 Å². The summed E-state index contributed by atoms with van der Waals surface area (Å²) in [6.45, 7) is 0. The van der Waals surface area contributed by atoms with Gasteiger partial charge in [0.2, 0.25) is 0 Å². The third-order valence-electron chi connectivity index (χ3n) is 2.96. The predicted molar refractivity (Wildman–Crippen MR) is 83.3 cm³/mol. The molecule has 110 valence electrons. The second kappa shape index (κ2) is 5.93. The van der Waals surface area contributed by atoms with Gasteiger partial charge in [-0.25, -0.2) is 0 Å². The Morgan fingerprint density at radius 3 is 2.00 bits per heavy atom. The highest BCUT2D eigenvalue weighted by atomic mass is 35.5. The lowest BCUT2D eigenvalue weighted by atomic mass is 10.0. The molecular formula is C15H15ClN2O3. The Morgan fingerprint density at radius 2 is 1.48 bits per heavy atom. The second-order valence-electron chi connectivity index (χ2n) is 4.40. The van der Waals surface area contributed by atoms with E-state index < -0.39 is 0 Å². The summed E-state index contributed by atoms with van der Waals surface area (Å²) < 4.78 is 10.3. The molecule has 0 amide bonds. The molecule has 0 saturated heterocycles. The smallest absolute Gasteiger partial charge is 0.194 e. The second-order valence-corrected chi connectivity index (χ2v) is 4.81. The van der Waals surface area contributed by atoms with E-state index in [0.717, 1.165) is 0 Å². The number of carbonyl (C=O) groups excluding carboxylic acids is 1. The van der Waals surface area contributed by atoms with Crippen molar-refractivity contribution in [1.29, 1.82) is 0 Å². The van der Waals surface area contributed by atoms with Gasteiger partial charge in [0.25, 0.3) is 0 Å². The van der Waals surface area contributed by atoms with Gasteiger partial charge in [-0.15, -0.1) is 0 Å². The van der Waals surface area contributed by atoms with Crippen LogP contribution in [0.3, 0.4) is 0 Å². The first-order valence-corrected chi connectivity index (χ1v) is 6.46. The van der Waals surface area contributed by atoms with Gasteiger partial charge in [0.05, 0.1) is 19.2 Å². The van der Waals surface area contributed by atoms with Gasteiger partial charge in [0.15, 0.2) is 17.3 Å². The number of halogens is 1. The number of rotatable bonds is 4. The molecule has 0 aliphatic rings. The minimum atomic E-state index is -0.292. The summed E-state index contributed by atoms with van der Waals surface area (Å²) in [5.74, 6) is 0.577. The summed E-state index contributed by atoms with van der Waals surface area (Å²) in [6.07, 6.45) is 0. The first-order valence-electron chi connectivity index (χ1n) is 6.08. The molecule has 0 fully saturated rings. The van der Waals surface area contributed by atoms with Gasteiger partial charge in [-0.2, -0.15) is 0 Å². The molecule has 0 radical (unpaired) electrons. The predicted octanol–water partition coefficient (Wildman–Crippen LogP) is 2.75. The minimum absolute atomic E-state index is 0.263. The monoisotopic (exact) mass is 306 g/mol. The summed E-state index contributed by atoms with van der Waals surface area (Å²) in [4.78, 5) is 12.5. The largest absolute Gasteiger partial charge is 0.493 e. The first-order chi connectivity index (χ1) is 9.96. The van der Waals surface area contributed by atoms with E-state index in [1.165, 1.54) is 26.4 Å². The fourth-order valence-corrected chi connectivity index (χ4v) is 2.23. The van der Waals surface area contributed by atoms with Crippen molar-refractivity contribution in [2.75, 3.05) is 25.7 Å². The molecule has 4 N–H and O–H groups in total. The van der Waals surface area contributed by atoms with Crippen molar-refractivity contribution in [2.45, 2.75) is 0 Å². The number of nitrogens with two attached hydrogens (primary N) is 2. The van der Waals surface area contributed by atoms with Crippen LogP contribution in [0.5, 0.6) is 11.5 Å². The van der Waals surface area contributed by atoms with E-state index in [1.807, 2.05) is 0 Å². The van der Waals surface area contributed by atoms with Crippen LogP contribution in [0.2, 0.25) is 5.02 Å². The van der Waals surface area contributed by atoms with Crippen molar-refractivity contribution in [2.24, 2.45) is 0 Å². The Hall–Kier alpha value is -2.40. The molecule has 2 aromatic carbocycles. The summed E-state index contributed by atoms with van der Waals surface area (Å²) in [6, 6.07) is 7.73. The van der Waals surface area contributed by atoms with E-state index >= 15 is 0 Å². The van der Waals surface area contributed by atoms with Crippen LogP contribution in [0.4, 0.5) is 11.4 Å². The molecule has 0 bridgehead atoms. The quantitative estimate of drug-likeness (QED) is 0.670. The number of ketones is 1. The van der Waals surface area contributed by atoms with Gasteiger partial charge < -0.3 is 20.9 Å². The van der Waals surface area contributed by atoms with Crippen LogP contribution in [0, 0.1) is 0 Å². The molecule has 0 saturated carbocycles. The average Bonchev–Trinajstić information content (AvgIpc) is 2.45. The maximum absolute atomic E-state index is 12.5. The standard InChI is InChI=1S/C15H15ClN2O3/c1-20-13-6-11(12(16)7-14(13)21-2)15(19)8-3-9(17)5-10(18)4-8/h3-7H,17-18H2,1-2H3. The van der Waals surface area contributed by atoms with Crippen molar-refractivity contribution < 1.29 is 14.3 Å². The molecule has 0 aliphatic heterocycles. The lowest BCUT2D eigenvalue weighted by Crippen LogP contribution is -2.05. The molecule has 0 unspecified atom stereocenters. The van der Waals surface area contributed by atoms with E-state index in [0.29, 0.717) is 34.0 Å². The molecule has 0 heterocycles. The summed E-state index contributed by atoms with van der Waals surface area (Å²) in [5.41, 5.74) is 12.9. The number of nitrogen functional groups attached to an aromatic ring is 2. The highest BCUT2D eigenvalue weighted by molar-refractivity contribution is 6.35. The molecule has 2 rings (SSSR count). The summed E-state index contributed by atoms with van der Waals surface area (Å²) >= 11 is 6.14. The highest BCUT2D eigenvalue weighted by Gasteiger charge is 2.18. The van der Waals surface area contributed by atoms with Gasteiger partial charge in [0.1, 0.15) is 0 Å². The molecular weight excluding hydrogens is 292 g/mol. The Kier molecular flexibility index (Phi) is 4.23. The molecule has 6 heteroatoms. The number of ether oxygens (including phenoxy) is 2. The number of carbonyl (C=O) groups is 1. The number of hydrogen-bond acceptors (Lipinski definition) is 5. The normalized spacial score (nSPS) is 10.2. The van der Waals surface area contributed by atoms with Crippen LogP contribution in [0.15, 0.2) is 30.3 Å². The SMILES string of the molecule is COc1cc(Cl)c(C(=O)c2cc(N)cc(N)c2)cc1OC. The van der Waals surface area contributed by atoms with E-state index in [1.54, 1.807) is 18.2 Å². The van der Waals surface area contributed by atoms with E-state index in [9.17, 15) is 4.79 Å². The molecule has 5 nitrogen and oxygen atoms in total. The number of hydrogen-bond donors (Lipinski definition) is 2. The maximum atomic E-state index is 12.5. The van der Waals surface area contributed by atoms with E-state index in [4.69, 9.17) is 32.5 Å². The van der Waals surface area contributed by atoms with Gasteiger partial charge in [-0.3, -0.25) is 4.79 Å². The van der Waals surface area contributed by atoms with Crippen LogP contribution in [0.25, 0.3) is 0 Å². The van der Waals surface area contributed by atoms with E-state index in [-0.39, 0.29) is 10.8 Å². The van der Waals surface area contributed by atoms with Crippen LogP contribution in [-0.2, 0) is 0 Å². The summed E-state index contributed by atoms with van der Waals surface area (Å²) in [5, 5.41) is 0.263. The van der Waals surface area contributed by atoms with Crippen molar-refractivity contribution in [3.8, 4) is 11.5 Å². The van der Waals surface area contributed by atoms with Crippen LogP contribution >= 0.6 is 11.6 Å². The average molecular weight is 307 g/mol. The molecule has 2 aromatic rings. The molecule has 21 heavy (non-hydrogen) atoms. The topological polar surface area (TPSA) is 87.6 Å². The summed E-state index contributed by atoms with van der Waals surface area (Å²) in [7, 11) is 2.98. The minimum Gasteiger partial charge on any atom is -0.493 e. The van der Waals surface area contributed by atoms with Crippen molar-refractivity contribution in [3.05, 3.63) is 46.5 Å². The van der Waals surface area contributed by atoms with Crippen LogP contribution in [-0.4, -0.2) is 20.0 Å². The van der Waals surface area contributed by atoms with Gasteiger partial charge in [-0.1, -0.05) is 11.6 Å². The Bertz CT molecular complexity index is 681. The Morgan fingerprint density at radius 1 is 0.952 bits per heavy atom. The van der Waals surface area contributed by atoms with Crippen LogP contribution < -0.4 is 20.9 Å². The fourth-order valence-electron chi connectivity index (χ4n) is 1.99. The Labute approximate surface area is 127 Å². The zero-order valence-corrected chi connectivity index (χ0v) is 12.4. The third-order valence-corrected chi connectivity index (χ3v) is 3.27.